The first-order chi connectivity index (χ1) is 63.4. The number of halogens is 3. The van der Waals surface area contributed by atoms with Crippen molar-refractivity contribution in [1.82, 2.24) is 61.7 Å². The summed E-state index contributed by atoms with van der Waals surface area (Å²) < 4.78 is 49.2. The zero-order valence-corrected chi connectivity index (χ0v) is 95.6. The second-order valence-electron chi connectivity index (χ2n) is 34.6. The molecule has 0 aliphatic carbocycles. The van der Waals surface area contributed by atoms with Crippen molar-refractivity contribution in [2.75, 3.05) is 207 Å². The molecular formula is C91H191Cl2IKN15O30. The Hall–Kier alpha value is -4.73. The van der Waals surface area contributed by atoms with Crippen LogP contribution in [0.4, 0.5) is 14.4 Å². The van der Waals surface area contributed by atoms with Crippen LogP contribution >= 0.6 is 47.4 Å². The van der Waals surface area contributed by atoms with Gasteiger partial charge in [0.05, 0.1) is 49.8 Å². The molecule has 0 spiro atoms. The number of nitrogens with two attached hydrogens (primary N) is 3. The van der Waals surface area contributed by atoms with Crippen molar-refractivity contribution < 1.29 is 198 Å². The third-order valence-corrected chi connectivity index (χ3v) is 20.3. The quantitative estimate of drug-likeness (QED) is 0.0102. The molecule has 0 fully saturated rings. The largest absolute Gasteiger partial charge is 1.00 e. The van der Waals surface area contributed by atoms with E-state index in [1.54, 1.807) is 90.5 Å². The first-order valence-corrected chi connectivity index (χ1v) is 48.0. The maximum Gasteiger partial charge on any atom is 1.00 e. The summed E-state index contributed by atoms with van der Waals surface area (Å²) in [7, 11) is 15.8. The normalized spacial score (nSPS) is 12.8. The smallest absolute Gasteiger partial charge is 0.870 e. The Bertz CT molecular complexity index is 2920. The number of alkyl carbamates (subject to hydrolysis) is 3. The van der Waals surface area contributed by atoms with Gasteiger partial charge in [0.2, 0.25) is 0 Å². The topological polar surface area (TPSA) is 647 Å². The van der Waals surface area contributed by atoms with Gasteiger partial charge in [0.25, 0.3) is 0 Å². The van der Waals surface area contributed by atoms with E-state index in [9.17, 15) is 57.5 Å². The van der Waals surface area contributed by atoms with Crippen molar-refractivity contribution in [3.63, 3.8) is 0 Å². The predicted molar refractivity (Wildman–Crippen MR) is 549 cm³/mol. The first-order valence-electron chi connectivity index (χ1n) is 46.5. The number of nitrogens with zero attached hydrogens (tertiary/aromatic N) is 5. The molecule has 45 nitrogen and oxygen atoms in total. The van der Waals surface area contributed by atoms with Crippen LogP contribution < -0.4 is 106 Å². The number of unbranched alkanes of at least 4 members (excludes halogenated alkanes) is 5. The summed E-state index contributed by atoms with van der Waals surface area (Å²) >= 11 is 2.13. The van der Waals surface area contributed by atoms with Crippen molar-refractivity contribution >= 4 is 119 Å². The molecule has 0 saturated carbocycles. The number of carboxylic acids is 2. The molecule has 0 aromatic carbocycles. The number of hydrogen-bond acceptors (Lipinski definition) is 40. The fraction of sp³-hybridized carbons (Fsp3) is 0.868. The maximum atomic E-state index is 12.2. The molecule has 0 radical (unpaired) electrons. The van der Waals surface area contributed by atoms with Crippen molar-refractivity contribution in [2.24, 2.45) is 17.2 Å². The first kappa shape index (κ1) is 160. The summed E-state index contributed by atoms with van der Waals surface area (Å²) in [5.74, 6) is -4.92. The van der Waals surface area contributed by atoms with Crippen molar-refractivity contribution in [1.29, 1.82) is 0 Å². The van der Waals surface area contributed by atoms with Crippen molar-refractivity contribution in [3.8, 4) is 0 Å². The van der Waals surface area contributed by atoms with E-state index in [4.69, 9.17) is 86.1 Å². The van der Waals surface area contributed by atoms with Gasteiger partial charge in [-0.3, -0.25) is 33.7 Å². The molecule has 832 valence electrons. The van der Waals surface area contributed by atoms with Crippen LogP contribution in [0, 0.1) is 0 Å². The van der Waals surface area contributed by atoms with E-state index >= 15 is 0 Å². The SMILES string of the molecule is C.CCN(C(C)C)C(C)C.CNC(CCN(CCCCO)CCC(NC)C(=O)O)C(=O)O.CNC(CCN(CCCCO)CCC(NC)C(=O)OC)C(=O)OC.COC(=O)C(CCI)NC(=O)OC(C)(C)C.COC(=O)C(CCN(CCCCO)CCC(NC(=O)OC(C)(C)C)C(=O)OC)NC(=O)OC(C)(C)C.COC(=O)C(N)CCN(CCCCO)CCC(N)C(=O)OC.Cl.Cl.NCCCCO.[K+].[OH-]. The molecule has 0 aliphatic rings. The summed E-state index contributed by atoms with van der Waals surface area (Å²) in [4.78, 5) is 150. The number of carbonyl (C=O) groups is 12. The molecule has 0 aromatic rings. The molecule has 0 aliphatic heterocycles. The van der Waals surface area contributed by atoms with Crippen LogP contribution in [0.1, 0.15) is 226 Å². The van der Waals surface area contributed by atoms with Crippen LogP contribution in [-0.2, 0) is 90.5 Å². The van der Waals surface area contributed by atoms with E-state index in [1.165, 1.54) is 49.8 Å². The molecular weight excluding hydrogens is 2020 g/mol. The molecule has 9 unspecified atom stereocenters. The van der Waals surface area contributed by atoms with Gasteiger partial charge in [0.15, 0.2) is 0 Å². The van der Waals surface area contributed by atoms with Gasteiger partial charge in [-0.05, 0) is 279 Å². The second kappa shape index (κ2) is 102. The minimum atomic E-state index is -0.943. The van der Waals surface area contributed by atoms with E-state index in [-0.39, 0.29) is 159 Å². The second-order valence-corrected chi connectivity index (χ2v) is 35.7. The average Bonchev–Trinajstić information content (AvgIpc) is 0.882. The van der Waals surface area contributed by atoms with Gasteiger partial charge in [0.1, 0.15) is 71.2 Å². The number of likely N-dealkylation sites (N-methyl/N-ethyl adjacent to an activating group) is 4. The van der Waals surface area contributed by atoms with Gasteiger partial charge in [-0.1, -0.05) is 36.9 Å². The minimum Gasteiger partial charge on any atom is -0.870 e. The number of amides is 3. The number of aliphatic hydroxyl groups is 5. The number of carbonyl (C=O) groups excluding carboxylic acids is 10. The number of ether oxygens (including phenoxy) is 10. The van der Waals surface area contributed by atoms with E-state index in [2.05, 4.69) is 128 Å². The molecule has 0 saturated heterocycles. The molecule has 140 heavy (non-hydrogen) atoms. The Morgan fingerprint density at radius 2 is 0.536 bits per heavy atom. The summed E-state index contributed by atoms with van der Waals surface area (Å²) in [5.41, 5.74) is 14.5. The van der Waals surface area contributed by atoms with Crippen LogP contribution in [0.2, 0.25) is 0 Å². The summed E-state index contributed by atoms with van der Waals surface area (Å²) in [6.07, 6.45) is 9.52. The van der Waals surface area contributed by atoms with Crippen molar-refractivity contribution in [2.45, 2.75) is 310 Å². The van der Waals surface area contributed by atoms with Gasteiger partial charge in [-0.15, -0.1) is 24.8 Å². The van der Waals surface area contributed by atoms with Crippen LogP contribution in [-0.4, -0.2) is 428 Å². The van der Waals surface area contributed by atoms with Crippen LogP contribution in [0.3, 0.4) is 0 Å². The molecule has 0 rings (SSSR count). The molecule has 0 aromatic heterocycles. The number of carboxylic acid groups (broad SMARTS) is 2. The Morgan fingerprint density at radius 3 is 0.700 bits per heavy atom. The van der Waals surface area contributed by atoms with E-state index in [0.717, 1.165) is 62.6 Å². The zero-order chi connectivity index (χ0) is 105. The number of alkyl halides is 1. The van der Waals surface area contributed by atoms with E-state index < -0.39 is 119 Å². The third-order valence-electron chi connectivity index (χ3n) is 19.6. The number of nitrogens with one attached hydrogen (secondary N) is 7. The molecule has 21 N–H and O–H groups in total. The summed E-state index contributed by atoms with van der Waals surface area (Å²) in [6.45, 7) is 36.6. The van der Waals surface area contributed by atoms with Crippen molar-refractivity contribution in [3.05, 3.63) is 0 Å². The van der Waals surface area contributed by atoms with Crippen LogP contribution in [0.25, 0.3) is 0 Å². The van der Waals surface area contributed by atoms with Gasteiger partial charge in [-0.2, -0.15) is 0 Å². The standard InChI is InChI=1S/C24H45N3O9.C16H33N3O5.2C14H29N3O5.C10H18INO4.C8H19N.C4H11NO.CH4.2ClH.K.H2O/c1-23(2,3)35-21(31)25-17(19(29)33-7)11-14-27(13-9-10-16-28)15-12-18(20(30)34-8)26-22(32)36-24(4,5)6;1-17-13(15(21)23-3)7-10-19(9-5-6-12-20)11-8-14(18-2)16(22)24-4;1-21-13(19)11(15)5-8-17(7-3-4-10-18)9-6-12(16)14(20)22-2;1-15-11(13(19)20)5-8-17(7-3-4-10-18)9-6-12(16-2)14(21)22;1-10(2,3)16-9(14)12-7(5-6-11)8(13)15-4;1-6-9(7(2)3)8(4)5;5-3-1-2-4-6;;;;;/h17-18,28H,9-16H2,1-8H3,(H,25,31)(H,26,32);13-14,17-18,20H,5-12H2,1-4H3;11-12,18H,3-10,15-16H2,1-2H3;11-12,15-16,18H,3-10H2,1-2H3,(H,19,20)(H,21,22);7H,5-6H2,1-4H3,(H,12,14);7-8H,6H2,1-5H3;6H,1-5H2;1H4;2*1H;;1H2/q;;;;;;;;;;+1;/p-1. The molecule has 3 amide bonds. The van der Waals surface area contributed by atoms with Crippen LogP contribution in [0.5, 0.6) is 0 Å². The molecule has 49 heteroatoms. The molecule has 0 bridgehead atoms. The van der Waals surface area contributed by atoms with Gasteiger partial charge >= 0.3 is 123 Å². The predicted octanol–water partition coefficient (Wildman–Crippen LogP) is 1.39. The zero-order valence-electron chi connectivity index (χ0n) is 88.6. The number of aliphatic hydroxyl groups excluding tert-OH is 5. The summed E-state index contributed by atoms with van der Waals surface area (Å²) in [5, 5.41) is 80.9. The molecule has 9 atom stereocenters. The number of aliphatic carboxylic acids is 2. The fourth-order valence-corrected chi connectivity index (χ4v) is 12.8. The third kappa shape index (κ3) is 95.5. The monoisotopic (exact) mass is 2210 g/mol. The van der Waals surface area contributed by atoms with E-state index in [0.29, 0.717) is 155 Å². The minimum absolute atomic E-state index is 0. The Morgan fingerprint density at radius 1 is 0.336 bits per heavy atom. The Labute approximate surface area is 905 Å². The van der Waals surface area contributed by atoms with E-state index in [1.807, 2.05) is 4.90 Å². The van der Waals surface area contributed by atoms with Gasteiger partial charge in [0, 0.05) is 102 Å². The Balaban J connectivity index is -0.000000142. The number of esters is 7. The van der Waals surface area contributed by atoms with Crippen LogP contribution in [0.15, 0.2) is 0 Å². The fourth-order valence-electron chi connectivity index (χ4n) is 12.2. The maximum absolute atomic E-state index is 12.2. The average molecular weight is 2210 g/mol. The number of hydrogen-bond donors (Lipinski definition) is 17. The molecule has 0 heterocycles. The Kier molecular flexibility index (Phi) is 116. The number of rotatable bonds is 64. The van der Waals surface area contributed by atoms with Gasteiger partial charge in [-0.25, -0.2) is 28.8 Å². The summed E-state index contributed by atoms with van der Waals surface area (Å²) in [6, 6.07) is -4.41. The number of methoxy groups -OCH3 is 7. The van der Waals surface area contributed by atoms with Gasteiger partial charge < -0.3 is 163 Å².